The Hall–Kier alpha value is -1.44. The summed E-state index contributed by atoms with van der Waals surface area (Å²) in [4.78, 5) is -0.149. The number of benzene rings is 2. The van der Waals surface area contributed by atoms with Crippen LogP contribution in [0.5, 0.6) is 0 Å². The summed E-state index contributed by atoms with van der Waals surface area (Å²) < 4.78 is 40.4. The first kappa shape index (κ1) is 15.9. The minimum absolute atomic E-state index is 0.0490. The number of aryl methyl sites for hydroxylation is 1. The molecule has 0 spiro atoms. The molecule has 0 aliphatic carbocycles. The number of anilines is 1. The van der Waals surface area contributed by atoms with Crippen LogP contribution in [0.4, 0.5) is 10.1 Å². The fourth-order valence-corrected chi connectivity index (χ4v) is 3.47. The van der Waals surface area contributed by atoms with Crippen molar-refractivity contribution in [3.63, 3.8) is 0 Å². The number of nitrogen functional groups attached to an aromatic ring is 1. The molecule has 2 rings (SSSR count). The van der Waals surface area contributed by atoms with Crippen LogP contribution in [0, 0.1) is 12.7 Å². The molecular formula is C14H14BrFN2O2S. The molecule has 112 valence electrons. The second kappa shape index (κ2) is 6.13. The molecule has 0 atom stereocenters. The molecule has 0 radical (unpaired) electrons. The Morgan fingerprint density at radius 1 is 1.29 bits per heavy atom. The maximum Gasteiger partial charge on any atom is 0.242 e. The topological polar surface area (TPSA) is 72.2 Å². The van der Waals surface area contributed by atoms with Gasteiger partial charge in [0.2, 0.25) is 10.0 Å². The summed E-state index contributed by atoms with van der Waals surface area (Å²) in [7, 11) is -3.82. The molecule has 0 saturated heterocycles. The van der Waals surface area contributed by atoms with Crippen LogP contribution in [0.15, 0.2) is 45.8 Å². The summed E-state index contributed by atoms with van der Waals surface area (Å²) in [6.45, 7) is 2.04. The summed E-state index contributed by atoms with van der Waals surface area (Å²) in [6.07, 6.45) is 0. The lowest BCUT2D eigenvalue weighted by molar-refractivity contribution is 0.580. The van der Waals surface area contributed by atoms with Crippen molar-refractivity contribution in [3.8, 4) is 0 Å². The van der Waals surface area contributed by atoms with Gasteiger partial charge in [-0.05, 0) is 46.1 Å². The monoisotopic (exact) mass is 372 g/mol. The van der Waals surface area contributed by atoms with Gasteiger partial charge in [-0.2, -0.15) is 0 Å². The Kier molecular flexibility index (Phi) is 4.65. The smallest absolute Gasteiger partial charge is 0.242 e. The van der Waals surface area contributed by atoms with Crippen LogP contribution >= 0.6 is 15.9 Å². The van der Waals surface area contributed by atoms with E-state index in [4.69, 9.17) is 5.73 Å². The Balaban J connectivity index is 2.27. The Labute approximate surface area is 131 Å². The predicted molar refractivity (Wildman–Crippen MR) is 83.7 cm³/mol. The third-order valence-corrected chi connectivity index (χ3v) is 5.12. The quantitative estimate of drug-likeness (QED) is 0.810. The normalized spacial score (nSPS) is 11.6. The first-order valence-electron chi connectivity index (χ1n) is 6.10. The first-order chi connectivity index (χ1) is 9.81. The minimum atomic E-state index is -3.82. The van der Waals surface area contributed by atoms with Crippen LogP contribution in [0.25, 0.3) is 0 Å². The fraction of sp³-hybridized carbons (Fsp3) is 0.143. The average molecular weight is 373 g/mol. The molecule has 7 heteroatoms. The zero-order valence-corrected chi connectivity index (χ0v) is 13.6. The lowest BCUT2D eigenvalue weighted by atomic mass is 10.1. The minimum Gasteiger partial charge on any atom is -0.398 e. The van der Waals surface area contributed by atoms with Crippen molar-refractivity contribution >= 4 is 31.6 Å². The predicted octanol–water partition coefficient (Wildman–Crippen LogP) is 2.96. The molecular weight excluding hydrogens is 359 g/mol. The van der Waals surface area contributed by atoms with Crippen LogP contribution in [-0.4, -0.2) is 8.42 Å². The molecule has 0 aliphatic heterocycles. The summed E-state index contributed by atoms with van der Waals surface area (Å²) in [6, 6.07) is 9.58. The number of hydrogen-bond donors (Lipinski definition) is 2. The van der Waals surface area contributed by atoms with Crippen LogP contribution < -0.4 is 10.5 Å². The SMILES string of the molecule is Cc1ccccc1CNS(=O)(=O)c1cc(Br)c(F)cc1N. The summed E-state index contributed by atoms with van der Waals surface area (Å²) in [5.41, 5.74) is 7.31. The van der Waals surface area contributed by atoms with E-state index < -0.39 is 15.8 Å². The second-order valence-corrected chi connectivity index (χ2v) is 7.14. The third kappa shape index (κ3) is 3.61. The molecule has 0 bridgehead atoms. The van der Waals surface area contributed by atoms with E-state index in [2.05, 4.69) is 20.7 Å². The molecule has 0 unspecified atom stereocenters. The van der Waals surface area contributed by atoms with E-state index in [1.54, 1.807) is 0 Å². The van der Waals surface area contributed by atoms with E-state index in [9.17, 15) is 12.8 Å². The number of sulfonamides is 1. The molecule has 0 saturated carbocycles. The fourth-order valence-electron chi connectivity index (χ4n) is 1.84. The number of nitrogens with two attached hydrogens (primary N) is 1. The van der Waals surface area contributed by atoms with Gasteiger partial charge in [0.05, 0.1) is 10.2 Å². The molecule has 0 aromatic heterocycles. The van der Waals surface area contributed by atoms with Crippen molar-refractivity contribution in [3.05, 3.63) is 57.8 Å². The zero-order valence-electron chi connectivity index (χ0n) is 11.2. The first-order valence-corrected chi connectivity index (χ1v) is 8.37. The molecule has 21 heavy (non-hydrogen) atoms. The van der Waals surface area contributed by atoms with Crippen LogP contribution in [-0.2, 0) is 16.6 Å². The Bertz CT molecular complexity index is 779. The zero-order chi connectivity index (χ0) is 15.6. The highest BCUT2D eigenvalue weighted by Gasteiger charge is 2.19. The van der Waals surface area contributed by atoms with Gasteiger partial charge in [0.25, 0.3) is 0 Å². The van der Waals surface area contributed by atoms with Crippen molar-refractivity contribution in [1.29, 1.82) is 0 Å². The van der Waals surface area contributed by atoms with Crippen molar-refractivity contribution in [1.82, 2.24) is 4.72 Å². The van der Waals surface area contributed by atoms with E-state index in [0.29, 0.717) is 0 Å². The Morgan fingerprint density at radius 3 is 2.62 bits per heavy atom. The van der Waals surface area contributed by atoms with E-state index in [1.165, 1.54) is 0 Å². The van der Waals surface area contributed by atoms with Crippen LogP contribution in [0.2, 0.25) is 0 Å². The molecule has 4 nitrogen and oxygen atoms in total. The Morgan fingerprint density at radius 2 is 1.95 bits per heavy atom. The van der Waals surface area contributed by atoms with Crippen LogP contribution in [0.3, 0.4) is 0 Å². The lowest BCUT2D eigenvalue weighted by Gasteiger charge is -2.11. The van der Waals surface area contributed by atoms with Crippen molar-refractivity contribution in [2.45, 2.75) is 18.4 Å². The molecule has 2 aromatic rings. The molecule has 0 amide bonds. The van der Waals surface area contributed by atoms with Gasteiger partial charge in [0.1, 0.15) is 10.7 Å². The van der Waals surface area contributed by atoms with Crippen LogP contribution in [0.1, 0.15) is 11.1 Å². The highest BCUT2D eigenvalue weighted by molar-refractivity contribution is 9.10. The summed E-state index contributed by atoms with van der Waals surface area (Å²) >= 11 is 2.96. The average Bonchev–Trinajstić information content (AvgIpc) is 2.42. The lowest BCUT2D eigenvalue weighted by Crippen LogP contribution is -2.24. The van der Waals surface area contributed by atoms with Gasteiger partial charge in [0, 0.05) is 6.54 Å². The van der Waals surface area contributed by atoms with E-state index in [1.807, 2.05) is 31.2 Å². The number of hydrogen-bond acceptors (Lipinski definition) is 3. The highest BCUT2D eigenvalue weighted by Crippen LogP contribution is 2.26. The third-order valence-electron chi connectivity index (χ3n) is 3.06. The van der Waals surface area contributed by atoms with Gasteiger partial charge >= 0.3 is 0 Å². The molecule has 3 N–H and O–H groups in total. The number of rotatable bonds is 4. The maximum absolute atomic E-state index is 13.3. The molecule has 0 heterocycles. The van der Waals surface area contributed by atoms with Gasteiger partial charge in [-0.15, -0.1) is 0 Å². The van der Waals surface area contributed by atoms with Gasteiger partial charge in [-0.25, -0.2) is 17.5 Å². The van der Waals surface area contributed by atoms with Gasteiger partial charge in [-0.1, -0.05) is 24.3 Å². The van der Waals surface area contributed by atoms with E-state index >= 15 is 0 Å². The molecule has 0 aliphatic rings. The van der Waals surface area contributed by atoms with Crippen molar-refractivity contribution in [2.75, 3.05) is 5.73 Å². The maximum atomic E-state index is 13.3. The van der Waals surface area contributed by atoms with Crippen molar-refractivity contribution < 1.29 is 12.8 Å². The van der Waals surface area contributed by atoms with Crippen molar-refractivity contribution in [2.24, 2.45) is 0 Å². The largest absolute Gasteiger partial charge is 0.398 e. The van der Waals surface area contributed by atoms with Gasteiger partial charge < -0.3 is 5.73 Å². The van der Waals surface area contributed by atoms with E-state index in [-0.39, 0.29) is 21.6 Å². The standard InChI is InChI=1S/C14H14BrFN2O2S/c1-9-4-2-3-5-10(9)8-18-21(19,20)14-6-11(15)12(16)7-13(14)17/h2-7,18H,8,17H2,1H3. The molecule has 2 aromatic carbocycles. The van der Waals surface area contributed by atoms with E-state index in [0.717, 1.165) is 23.3 Å². The number of halogens is 2. The molecule has 0 fully saturated rings. The second-order valence-electron chi connectivity index (χ2n) is 4.56. The number of nitrogens with one attached hydrogen (secondary N) is 1. The highest BCUT2D eigenvalue weighted by atomic mass is 79.9. The summed E-state index contributed by atoms with van der Waals surface area (Å²) in [5.74, 6) is -0.606. The summed E-state index contributed by atoms with van der Waals surface area (Å²) in [5, 5.41) is 0. The van der Waals surface area contributed by atoms with Gasteiger partial charge in [0.15, 0.2) is 0 Å². The van der Waals surface area contributed by atoms with Gasteiger partial charge in [-0.3, -0.25) is 0 Å².